The van der Waals surface area contributed by atoms with Crippen molar-refractivity contribution < 1.29 is 4.79 Å². The van der Waals surface area contributed by atoms with Gasteiger partial charge in [0, 0.05) is 16.8 Å². The van der Waals surface area contributed by atoms with Crippen molar-refractivity contribution in [3.63, 3.8) is 0 Å². The van der Waals surface area contributed by atoms with E-state index in [4.69, 9.17) is 5.73 Å². The van der Waals surface area contributed by atoms with Gasteiger partial charge < -0.3 is 16.4 Å². The summed E-state index contributed by atoms with van der Waals surface area (Å²) >= 11 is 1.56. The summed E-state index contributed by atoms with van der Waals surface area (Å²) in [7, 11) is 0. The number of carbonyl (C=O) groups excluding carboxylic acids is 1. The van der Waals surface area contributed by atoms with Crippen LogP contribution in [0.25, 0.3) is 0 Å². The number of hydrogen-bond donors (Lipinski definition) is 3. The summed E-state index contributed by atoms with van der Waals surface area (Å²) in [4.78, 5) is 16.2. The van der Waals surface area contributed by atoms with Crippen molar-refractivity contribution in [2.24, 2.45) is 11.7 Å². The maximum absolute atomic E-state index is 11.9. The molecule has 1 aromatic heterocycles. The molecule has 1 aromatic carbocycles. The van der Waals surface area contributed by atoms with Gasteiger partial charge in [0.25, 0.3) is 0 Å². The van der Waals surface area contributed by atoms with E-state index in [1.807, 2.05) is 50.4 Å². The van der Waals surface area contributed by atoms with E-state index in [0.29, 0.717) is 0 Å². The normalized spacial score (nSPS) is 11.7. The number of carbonyl (C=O) groups is 1. The summed E-state index contributed by atoms with van der Waals surface area (Å²) in [6, 6.07) is 6.98. The number of aromatic nitrogens is 1. The Bertz CT molecular complexity index is 612. The van der Waals surface area contributed by atoms with Crippen molar-refractivity contribution in [3.8, 4) is 0 Å². The molecule has 0 aliphatic rings. The molecule has 0 aliphatic carbocycles. The smallest absolute Gasteiger partial charge is 0.241 e. The first-order valence-corrected chi connectivity index (χ1v) is 7.69. The number of anilines is 3. The molecule has 5 nitrogen and oxygen atoms in total. The standard InChI is InChI=1S/C15H20N4OS.ClH/c1-9(2)13(16)14(20)18-11-4-6-12(7-5-11)19-15-17-10(3)8-21-15;/h4-9,13H,16H2,1-3H3,(H,17,19)(H,18,20);1H/t13-;/m0./s1. The molecule has 1 heterocycles. The minimum atomic E-state index is -0.499. The van der Waals surface area contributed by atoms with E-state index >= 15 is 0 Å². The Labute approximate surface area is 140 Å². The molecule has 0 unspecified atom stereocenters. The number of nitrogens with zero attached hydrogens (tertiary/aromatic N) is 1. The Morgan fingerprint density at radius 3 is 2.32 bits per heavy atom. The number of rotatable bonds is 5. The molecule has 0 radical (unpaired) electrons. The third-order valence-corrected chi connectivity index (χ3v) is 3.92. The number of amides is 1. The first-order chi connectivity index (χ1) is 9.95. The van der Waals surface area contributed by atoms with Gasteiger partial charge in [-0.05, 0) is 37.1 Å². The number of hydrogen-bond acceptors (Lipinski definition) is 5. The van der Waals surface area contributed by atoms with Gasteiger partial charge in [-0.1, -0.05) is 13.8 Å². The predicted octanol–water partition coefficient (Wildman–Crippen LogP) is 3.54. The molecule has 2 aromatic rings. The van der Waals surface area contributed by atoms with Crippen molar-refractivity contribution in [2.75, 3.05) is 10.6 Å². The molecule has 7 heteroatoms. The van der Waals surface area contributed by atoms with E-state index in [1.54, 1.807) is 11.3 Å². The van der Waals surface area contributed by atoms with Crippen LogP contribution in [0.1, 0.15) is 19.5 Å². The molecule has 0 saturated heterocycles. The number of nitrogens with two attached hydrogens (primary N) is 1. The highest BCUT2D eigenvalue weighted by Gasteiger charge is 2.16. The Hall–Kier alpha value is -1.63. The van der Waals surface area contributed by atoms with Crippen molar-refractivity contribution >= 4 is 46.2 Å². The van der Waals surface area contributed by atoms with Crippen molar-refractivity contribution in [1.82, 2.24) is 4.98 Å². The van der Waals surface area contributed by atoms with Gasteiger partial charge in [0.2, 0.25) is 5.91 Å². The van der Waals surface area contributed by atoms with Crippen LogP contribution in [0.4, 0.5) is 16.5 Å². The van der Waals surface area contributed by atoms with Gasteiger partial charge in [-0.25, -0.2) is 4.98 Å². The van der Waals surface area contributed by atoms with Crippen LogP contribution in [-0.4, -0.2) is 16.9 Å². The lowest BCUT2D eigenvalue weighted by molar-refractivity contribution is -0.118. The molecule has 0 fully saturated rings. The number of aryl methyl sites for hydroxylation is 1. The zero-order valence-electron chi connectivity index (χ0n) is 12.8. The molecule has 0 aliphatic heterocycles. The lowest BCUT2D eigenvalue weighted by Crippen LogP contribution is -2.39. The first-order valence-electron chi connectivity index (χ1n) is 6.81. The van der Waals surface area contributed by atoms with Gasteiger partial charge in [0.05, 0.1) is 11.7 Å². The quantitative estimate of drug-likeness (QED) is 0.777. The molecule has 0 spiro atoms. The Balaban J connectivity index is 0.00000242. The number of halogens is 1. The summed E-state index contributed by atoms with van der Waals surface area (Å²) in [5, 5.41) is 8.87. The van der Waals surface area contributed by atoms with E-state index in [1.165, 1.54) is 0 Å². The largest absolute Gasteiger partial charge is 0.332 e. The lowest BCUT2D eigenvalue weighted by atomic mass is 10.0. The fourth-order valence-corrected chi connectivity index (χ4v) is 2.41. The van der Waals surface area contributed by atoms with Crippen LogP contribution in [-0.2, 0) is 4.79 Å². The van der Waals surface area contributed by atoms with Crippen LogP contribution in [0.5, 0.6) is 0 Å². The van der Waals surface area contributed by atoms with E-state index in [9.17, 15) is 4.79 Å². The highest BCUT2D eigenvalue weighted by molar-refractivity contribution is 7.13. The number of nitrogens with one attached hydrogen (secondary N) is 2. The SMILES string of the molecule is Cc1csc(Nc2ccc(NC(=O)[C@@H](N)C(C)C)cc2)n1.Cl. The van der Waals surface area contributed by atoms with Crippen molar-refractivity contribution in [2.45, 2.75) is 26.8 Å². The average Bonchev–Trinajstić information content (AvgIpc) is 2.85. The van der Waals surface area contributed by atoms with Crippen LogP contribution in [0, 0.1) is 12.8 Å². The molecule has 0 bridgehead atoms. The summed E-state index contributed by atoms with van der Waals surface area (Å²) in [6.45, 7) is 5.80. The third kappa shape index (κ3) is 4.98. The van der Waals surface area contributed by atoms with E-state index in [-0.39, 0.29) is 24.2 Å². The predicted molar refractivity (Wildman–Crippen MR) is 95.3 cm³/mol. The van der Waals surface area contributed by atoms with Crippen molar-refractivity contribution in [1.29, 1.82) is 0 Å². The van der Waals surface area contributed by atoms with Gasteiger partial charge in [-0.2, -0.15) is 0 Å². The van der Waals surface area contributed by atoms with Gasteiger partial charge >= 0.3 is 0 Å². The Morgan fingerprint density at radius 1 is 1.23 bits per heavy atom. The molecule has 4 N–H and O–H groups in total. The van der Waals surface area contributed by atoms with Crippen LogP contribution < -0.4 is 16.4 Å². The molecular formula is C15H21ClN4OS. The van der Waals surface area contributed by atoms with E-state index in [2.05, 4.69) is 15.6 Å². The molecule has 22 heavy (non-hydrogen) atoms. The van der Waals surface area contributed by atoms with E-state index < -0.39 is 6.04 Å². The van der Waals surface area contributed by atoms with E-state index in [0.717, 1.165) is 22.2 Å². The maximum Gasteiger partial charge on any atom is 0.241 e. The number of thiazole rings is 1. The number of benzene rings is 1. The van der Waals surface area contributed by atoms with Gasteiger partial charge in [0.15, 0.2) is 5.13 Å². The summed E-state index contributed by atoms with van der Waals surface area (Å²) in [6.07, 6.45) is 0. The monoisotopic (exact) mass is 340 g/mol. The highest BCUT2D eigenvalue weighted by Crippen LogP contribution is 2.22. The second kappa shape index (κ2) is 8.12. The fourth-order valence-electron chi connectivity index (χ4n) is 1.70. The first kappa shape index (κ1) is 18.4. The van der Waals surface area contributed by atoms with Crippen LogP contribution in [0.15, 0.2) is 29.6 Å². The molecule has 1 amide bonds. The highest BCUT2D eigenvalue weighted by atomic mass is 35.5. The zero-order valence-corrected chi connectivity index (χ0v) is 14.4. The summed E-state index contributed by atoms with van der Waals surface area (Å²) in [5.74, 6) is -0.0552. The second-order valence-corrected chi connectivity index (χ2v) is 6.11. The van der Waals surface area contributed by atoms with Gasteiger partial charge in [0.1, 0.15) is 0 Å². The summed E-state index contributed by atoms with van der Waals surface area (Å²) in [5.41, 5.74) is 8.47. The third-order valence-electron chi connectivity index (χ3n) is 3.04. The van der Waals surface area contributed by atoms with Gasteiger partial charge in [-0.3, -0.25) is 4.79 Å². The van der Waals surface area contributed by atoms with Crippen LogP contribution >= 0.6 is 23.7 Å². The zero-order chi connectivity index (χ0) is 15.4. The second-order valence-electron chi connectivity index (χ2n) is 5.26. The Kier molecular flexibility index (Phi) is 6.80. The molecular weight excluding hydrogens is 320 g/mol. The molecule has 120 valence electrons. The van der Waals surface area contributed by atoms with Gasteiger partial charge in [-0.15, -0.1) is 23.7 Å². The molecule has 2 rings (SSSR count). The maximum atomic E-state index is 11.9. The van der Waals surface area contributed by atoms with Crippen LogP contribution in [0.2, 0.25) is 0 Å². The Morgan fingerprint density at radius 2 is 1.82 bits per heavy atom. The minimum Gasteiger partial charge on any atom is -0.332 e. The minimum absolute atomic E-state index is 0. The lowest BCUT2D eigenvalue weighted by Gasteiger charge is -2.15. The average molecular weight is 341 g/mol. The van der Waals surface area contributed by atoms with Crippen molar-refractivity contribution in [3.05, 3.63) is 35.3 Å². The molecule has 1 atom stereocenters. The fraction of sp³-hybridized carbons (Fsp3) is 0.333. The molecule has 0 saturated carbocycles. The topological polar surface area (TPSA) is 80.0 Å². The van der Waals surface area contributed by atoms with Crippen LogP contribution in [0.3, 0.4) is 0 Å². The summed E-state index contributed by atoms with van der Waals surface area (Å²) < 4.78 is 0.